The van der Waals surface area contributed by atoms with Crippen LogP contribution in [0.15, 0.2) is 48.5 Å². The number of benzene rings is 2. The zero-order valence-corrected chi connectivity index (χ0v) is 14.6. The molecule has 1 N–H and O–H groups in total. The number of hydrogen-bond donors (Lipinski definition) is 1. The zero-order valence-electron chi connectivity index (χ0n) is 13.7. The van der Waals surface area contributed by atoms with Gasteiger partial charge in [0.05, 0.1) is 0 Å². The van der Waals surface area contributed by atoms with Gasteiger partial charge in [-0.3, -0.25) is 0 Å². The molecule has 0 aliphatic carbocycles. The molecular formula is C18H18F2N4S. The van der Waals surface area contributed by atoms with Crippen molar-refractivity contribution < 1.29 is 8.78 Å². The van der Waals surface area contributed by atoms with Gasteiger partial charge in [-0.2, -0.15) is 9.36 Å². The number of halogens is 2. The van der Waals surface area contributed by atoms with Gasteiger partial charge in [0.1, 0.15) is 11.6 Å². The summed E-state index contributed by atoms with van der Waals surface area (Å²) in [7, 11) is 1.97. The fourth-order valence-electron chi connectivity index (χ4n) is 2.32. The van der Waals surface area contributed by atoms with Gasteiger partial charge in [0.25, 0.3) is 0 Å². The van der Waals surface area contributed by atoms with E-state index in [1.54, 1.807) is 0 Å². The maximum Gasteiger partial charge on any atom is 0.236 e. The lowest BCUT2D eigenvalue weighted by atomic mass is 10.1. The minimum atomic E-state index is -0.588. The fourth-order valence-corrected chi connectivity index (χ4v) is 2.95. The van der Waals surface area contributed by atoms with Crippen LogP contribution in [0.4, 0.5) is 19.9 Å². The first-order chi connectivity index (χ1) is 12.1. The van der Waals surface area contributed by atoms with E-state index in [4.69, 9.17) is 0 Å². The molecule has 0 saturated carbocycles. The van der Waals surface area contributed by atoms with Crippen LogP contribution in [0, 0.1) is 11.6 Å². The Labute approximate surface area is 149 Å². The third kappa shape index (κ3) is 4.73. The van der Waals surface area contributed by atoms with E-state index in [-0.39, 0.29) is 6.54 Å². The molecule has 25 heavy (non-hydrogen) atoms. The number of hydrogen-bond acceptors (Lipinski definition) is 5. The Morgan fingerprint density at radius 1 is 1.12 bits per heavy atom. The summed E-state index contributed by atoms with van der Waals surface area (Å²) in [6, 6.07) is 13.8. The first kappa shape index (κ1) is 17.3. The molecule has 2 aromatic carbocycles. The lowest BCUT2D eigenvalue weighted by Gasteiger charge is -2.14. The molecule has 1 heterocycles. The van der Waals surface area contributed by atoms with Crippen LogP contribution in [0.3, 0.4) is 0 Å². The van der Waals surface area contributed by atoms with Gasteiger partial charge in [0.15, 0.2) is 0 Å². The number of nitrogens with zero attached hydrogens (tertiary/aromatic N) is 3. The van der Waals surface area contributed by atoms with Gasteiger partial charge in [-0.15, -0.1) is 0 Å². The Morgan fingerprint density at radius 2 is 1.92 bits per heavy atom. The SMILES string of the molecule is CN(CCc1ccccc1)c1nc(NCc2ccc(F)cc2F)ns1. The molecule has 3 aromatic rings. The number of likely N-dealkylation sites (N-methyl/N-ethyl adjacent to an activating group) is 1. The number of anilines is 2. The van der Waals surface area contributed by atoms with E-state index >= 15 is 0 Å². The predicted octanol–water partition coefficient (Wildman–Crippen LogP) is 4.11. The Kier molecular flexibility index (Phi) is 5.55. The largest absolute Gasteiger partial charge is 0.350 e. The smallest absolute Gasteiger partial charge is 0.236 e. The third-order valence-electron chi connectivity index (χ3n) is 3.77. The second kappa shape index (κ2) is 8.02. The normalized spacial score (nSPS) is 10.7. The predicted molar refractivity (Wildman–Crippen MR) is 97.0 cm³/mol. The number of rotatable bonds is 7. The molecule has 1 aromatic heterocycles. The molecule has 0 spiro atoms. The summed E-state index contributed by atoms with van der Waals surface area (Å²) in [5, 5.41) is 3.76. The van der Waals surface area contributed by atoms with Crippen LogP contribution in [-0.4, -0.2) is 22.9 Å². The summed E-state index contributed by atoms with van der Waals surface area (Å²) in [4.78, 5) is 6.45. The van der Waals surface area contributed by atoms with E-state index in [0.29, 0.717) is 11.5 Å². The first-order valence-corrected chi connectivity index (χ1v) is 8.66. The molecule has 130 valence electrons. The van der Waals surface area contributed by atoms with Crippen molar-refractivity contribution in [3.05, 3.63) is 71.3 Å². The maximum atomic E-state index is 13.6. The minimum Gasteiger partial charge on any atom is -0.350 e. The summed E-state index contributed by atoms with van der Waals surface area (Å²) in [6.07, 6.45) is 0.917. The summed E-state index contributed by atoms with van der Waals surface area (Å²) >= 11 is 1.28. The molecule has 0 saturated heterocycles. The Morgan fingerprint density at radius 3 is 2.68 bits per heavy atom. The molecule has 4 nitrogen and oxygen atoms in total. The standard InChI is InChI=1S/C18H18F2N4S/c1-24(10-9-13-5-3-2-4-6-13)18-22-17(23-25-18)21-12-14-7-8-15(19)11-16(14)20/h2-8,11H,9-10,12H2,1H3,(H,21,23). The van der Waals surface area contributed by atoms with Crippen LogP contribution in [0.1, 0.15) is 11.1 Å². The van der Waals surface area contributed by atoms with Crippen LogP contribution in [0.5, 0.6) is 0 Å². The van der Waals surface area contributed by atoms with Crippen LogP contribution < -0.4 is 10.2 Å². The summed E-state index contributed by atoms with van der Waals surface area (Å²) in [6.45, 7) is 1.03. The van der Waals surface area contributed by atoms with E-state index in [9.17, 15) is 8.78 Å². The number of nitrogens with one attached hydrogen (secondary N) is 1. The average molecular weight is 360 g/mol. The molecule has 3 rings (SSSR count). The summed E-state index contributed by atoms with van der Waals surface area (Å²) < 4.78 is 30.8. The molecule has 0 fully saturated rings. The molecule has 0 aliphatic rings. The van der Waals surface area contributed by atoms with Crippen LogP contribution in [0.2, 0.25) is 0 Å². The van der Waals surface area contributed by atoms with Crippen molar-refractivity contribution in [3.63, 3.8) is 0 Å². The molecule has 0 amide bonds. The summed E-state index contributed by atoms with van der Waals surface area (Å²) in [5.74, 6) is -0.728. The molecule has 0 unspecified atom stereocenters. The third-order valence-corrected chi connectivity index (χ3v) is 4.60. The van der Waals surface area contributed by atoms with E-state index in [1.165, 1.54) is 29.2 Å². The quantitative estimate of drug-likeness (QED) is 0.688. The summed E-state index contributed by atoms with van der Waals surface area (Å²) in [5.41, 5.74) is 1.64. The van der Waals surface area contributed by atoms with Crippen molar-refractivity contribution in [2.75, 3.05) is 23.8 Å². The lowest BCUT2D eigenvalue weighted by molar-refractivity contribution is 0.574. The average Bonchev–Trinajstić information content (AvgIpc) is 3.09. The van der Waals surface area contributed by atoms with Crippen molar-refractivity contribution in [3.8, 4) is 0 Å². The molecule has 0 bridgehead atoms. The molecule has 0 radical (unpaired) electrons. The van der Waals surface area contributed by atoms with Gasteiger partial charge in [0.2, 0.25) is 11.1 Å². The monoisotopic (exact) mass is 360 g/mol. The van der Waals surface area contributed by atoms with Crippen molar-refractivity contribution in [2.45, 2.75) is 13.0 Å². The highest BCUT2D eigenvalue weighted by Gasteiger charge is 2.10. The van der Waals surface area contributed by atoms with E-state index < -0.39 is 11.6 Å². The zero-order chi connectivity index (χ0) is 17.6. The van der Waals surface area contributed by atoms with Gasteiger partial charge in [-0.25, -0.2) is 8.78 Å². The van der Waals surface area contributed by atoms with Gasteiger partial charge in [-0.05, 0) is 18.1 Å². The van der Waals surface area contributed by atoms with E-state index in [1.807, 2.05) is 30.1 Å². The van der Waals surface area contributed by atoms with E-state index in [0.717, 1.165) is 24.2 Å². The highest BCUT2D eigenvalue weighted by atomic mass is 32.1. The van der Waals surface area contributed by atoms with Crippen LogP contribution >= 0.6 is 11.5 Å². The van der Waals surface area contributed by atoms with Crippen molar-refractivity contribution >= 4 is 22.6 Å². The molecule has 0 aliphatic heterocycles. The Hall–Kier alpha value is -2.54. The molecule has 7 heteroatoms. The van der Waals surface area contributed by atoms with E-state index in [2.05, 4.69) is 26.8 Å². The maximum absolute atomic E-state index is 13.6. The Balaban J connectivity index is 1.54. The minimum absolute atomic E-state index is 0.204. The highest BCUT2D eigenvalue weighted by Crippen LogP contribution is 2.19. The second-order valence-electron chi connectivity index (χ2n) is 5.65. The van der Waals surface area contributed by atoms with Crippen molar-refractivity contribution in [1.82, 2.24) is 9.36 Å². The van der Waals surface area contributed by atoms with Crippen LogP contribution in [-0.2, 0) is 13.0 Å². The lowest BCUT2D eigenvalue weighted by Crippen LogP contribution is -2.20. The topological polar surface area (TPSA) is 41.1 Å². The van der Waals surface area contributed by atoms with Crippen molar-refractivity contribution in [2.24, 2.45) is 0 Å². The fraction of sp³-hybridized carbons (Fsp3) is 0.222. The van der Waals surface area contributed by atoms with Gasteiger partial charge >= 0.3 is 0 Å². The van der Waals surface area contributed by atoms with Gasteiger partial charge < -0.3 is 10.2 Å². The Bertz CT molecular complexity index is 823. The first-order valence-electron chi connectivity index (χ1n) is 7.88. The van der Waals surface area contributed by atoms with Gasteiger partial charge in [0, 0.05) is 43.3 Å². The molecule has 0 atom stereocenters. The van der Waals surface area contributed by atoms with Gasteiger partial charge in [-0.1, -0.05) is 36.4 Å². The molecular weight excluding hydrogens is 342 g/mol. The van der Waals surface area contributed by atoms with Crippen LogP contribution in [0.25, 0.3) is 0 Å². The number of aromatic nitrogens is 2. The second-order valence-corrected chi connectivity index (χ2v) is 6.38. The van der Waals surface area contributed by atoms with Crippen molar-refractivity contribution in [1.29, 1.82) is 0 Å². The highest BCUT2D eigenvalue weighted by molar-refractivity contribution is 7.09.